The van der Waals surface area contributed by atoms with E-state index in [9.17, 15) is 9.59 Å². The molecular formula is C19H18N4O4. The van der Waals surface area contributed by atoms with E-state index in [-0.39, 0.29) is 12.4 Å². The predicted octanol–water partition coefficient (Wildman–Crippen LogP) is 2.86. The molecule has 1 N–H and O–H groups in total. The number of nitrogens with one attached hydrogen (secondary N) is 1. The lowest BCUT2D eigenvalue weighted by atomic mass is 9.99. The molecule has 1 fully saturated rings. The van der Waals surface area contributed by atoms with Crippen molar-refractivity contribution in [3.05, 3.63) is 59.9 Å². The van der Waals surface area contributed by atoms with Crippen molar-refractivity contribution in [3.8, 4) is 11.4 Å². The molecule has 1 saturated heterocycles. The van der Waals surface area contributed by atoms with Gasteiger partial charge in [-0.1, -0.05) is 36.3 Å². The molecule has 0 bridgehead atoms. The van der Waals surface area contributed by atoms with Gasteiger partial charge < -0.3 is 14.3 Å². The molecule has 0 spiro atoms. The quantitative estimate of drug-likeness (QED) is 0.697. The lowest BCUT2D eigenvalue weighted by molar-refractivity contribution is -0.132. The van der Waals surface area contributed by atoms with Crippen molar-refractivity contribution in [3.63, 3.8) is 0 Å². The summed E-state index contributed by atoms with van der Waals surface area (Å²) in [4.78, 5) is 30.4. The fourth-order valence-corrected chi connectivity index (χ4v) is 3.03. The number of nitrogens with zero attached hydrogens (tertiary/aromatic N) is 3. The van der Waals surface area contributed by atoms with E-state index in [2.05, 4.69) is 22.4 Å². The third kappa shape index (κ3) is 2.88. The van der Waals surface area contributed by atoms with Crippen LogP contribution in [0.15, 0.2) is 51.6 Å². The zero-order chi connectivity index (χ0) is 19.0. The van der Waals surface area contributed by atoms with Crippen molar-refractivity contribution in [1.82, 2.24) is 20.4 Å². The number of aromatic nitrogens is 2. The number of carbonyl (C=O) groups excluding carboxylic acids is 2. The molecule has 1 aromatic carbocycles. The van der Waals surface area contributed by atoms with Gasteiger partial charge >= 0.3 is 6.03 Å². The number of benzene rings is 1. The van der Waals surface area contributed by atoms with Crippen LogP contribution in [0.3, 0.4) is 0 Å². The SMILES string of the molecule is CCc1ccc(-c2noc(CN3C(=O)NC(C)(c4ccco4)C3=O)n2)cc1. The molecule has 8 heteroatoms. The summed E-state index contributed by atoms with van der Waals surface area (Å²) < 4.78 is 10.5. The molecule has 2 aromatic heterocycles. The fourth-order valence-electron chi connectivity index (χ4n) is 3.03. The molecular weight excluding hydrogens is 348 g/mol. The Labute approximate surface area is 155 Å². The van der Waals surface area contributed by atoms with Crippen LogP contribution in [-0.4, -0.2) is 27.0 Å². The van der Waals surface area contributed by atoms with Crippen molar-refractivity contribution in [1.29, 1.82) is 0 Å². The highest BCUT2D eigenvalue weighted by molar-refractivity contribution is 6.06. The second-order valence-electron chi connectivity index (χ2n) is 6.49. The third-order valence-electron chi connectivity index (χ3n) is 4.67. The number of aryl methyl sites for hydroxylation is 1. The van der Waals surface area contributed by atoms with E-state index in [4.69, 9.17) is 8.94 Å². The highest BCUT2D eigenvalue weighted by Gasteiger charge is 2.51. The highest BCUT2D eigenvalue weighted by atomic mass is 16.5. The van der Waals surface area contributed by atoms with Crippen molar-refractivity contribution in [2.45, 2.75) is 32.4 Å². The molecule has 0 radical (unpaired) electrons. The molecule has 4 rings (SSSR count). The zero-order valence-corrected chi connectivity index (χ0v) is 14.9. The van der Waals surface area contributed by atoms with Gasteiger partial charge in [0.05, 0.1) is 6.26 Å². The van der Waals surface area contributed by atoms with E-state index < -0.39 is 17.5 Å². The number of carbonyl (C=O) groups is 2. The normalized spacial score (nSPS) is 19.6. The first-order valence-corrected chi connectivity index (χ1v) is 8.61. The molecule has 0 aliphatic carbocycles. The standard InChI is InChI=1S/C19H18N4O4/c1-3-12-6-8-13(9-7-12)16-20-15(27-22-16)11-23-17(24)19(2,21-18(23)25)14-5-4-10-26-14/h4-10H,3,11H2,1-2H3,(H,21,25). The Morgan fingerprint density at radius 3 is 2.63 bits per heavy atom. The molecule has 0 saturated carbocycles. The molecule has 1 aliphatic heterocycles. The predicted molar refractivity (Wildman–Crippen MR) is 94.3 cm³/mol. The Hall–Kier alpha value is -3.42. The molecule has 138 valence electrons. The van der Waals surface area contributed by atoms with Gasteiger partial charge in [0, 0.05) is 5.56 Å². The first-order chi connectivity index (χ1) is 13.0. The Morgan fingerprint density at radius 1 is 1.19 bits per heavy atom. The van der Waals surface area contributed by atoms with Crippen LogP contribution in [0.5, 0.6) is 0 Å². The Bertz CT molecular complexity index is 978. The van der Waals surface area contributed by atoms with Crippen molar-refractivity contribution in [2.24, 2.45) is 0 Å². The molecule has 1 atom stereocenters. The molecule has 3 heterocycles. The first-order valence-electron chi connectivity index (χ1n) is 8.61. The summed E-state index contributed by atoms with van der Waals surface area (Å²) in [6.07, 6.45) is 2.40. The van der Waals surface area contributed by atoms with Crippen LogP contribution in [0, 0.1) is 0 Å². The number of rotatable bonds is 5. The van der Waals surface area contributed by atoms with Crippen LogP contribution in [0.4, 0.5) is 4.79 Å². The van der Waals surface area contributed by atoms with Gasteiger partial charge in [-0.3, -0.25) is 9.69 Å². The molecule has 1 aliphatic rings. The lowest BCUT2D eigenvalue weighted by Crippen LogP contribution is -2.40. The maximum absolute atomic E-state index is 12.8. The first kappa shape index (κ1) is 17.0. The minimum absolute atomic E-state index is 0.110. The number of imide groups is 1. The van der Waals surface area contributed by atoms with Crippen LogP contribution < -0.4 is 5.32 Å². The van der Waals surface area contributed by atoms with Crippen LogP contribution in [-0.2, 0) is 23.3 Å². The van der Waals surface area contributed by atoms with Gasteiger partial charge in [0.2, 0.25) is 11.7 Å². The Balaban J connectivity index is 1.53. The van der Waals surface area contributed by atoms with Crippen LogP contribution in [0.2, 0.25) is 0 Å². The average molecular weight is 366 g/mol. The van der Waals surface area contributed by atoms with Crippen LogP contribution in [0.1, 0.15) is 31.1 Å². The summed E-state index contributed by atoms with van der Waals surface area (Å²) in [5, 5.41) is 6.60. The summed E-state index contributed by atoms with van der Waals surface area (Å²) in [7, 11) is 0. The summed E-state index contributed by atoms with van der Waals surface area (Å²) in [5.74, 6) is 0.519. The van der Waals surface area contributed by atoms with Crippen LogP contribution >= 0.6 is 0 Å². The summed E-state index contributed by atoms with van der Waals surface area (Å²) in [6, 6.07) is 10.6. The minimum Gasteiger partial charge on any atom is -0.466 e. The van der Waals surface area contributed by atoms with Gasteiger partial charge in [0.25, 0.3) is 5.91 Å². The van der Waals surface area contributed by atoms with E-state index in [1.54, 1.807) is 19.1 Å². The Morgan fingerprint density at radius 2 is 1.96 bits per heavy atom. The number of urea groups is 1. The molecule has 3 aromatic rings. The highest BCUT2D eigenvalue weighted by Crippen LogP contribution is 2.30. The van der Waals surface area contributed by atoms with Crippen molar-refractivity contribution in [2.75, 3.05) is 0 Å². The van der Waals surface area contributed by atoms with E-state index in [0.717, 1.165) is 16.9 Å². The molecule has 27 heavy (non-hydrogen) atoms. The largest absolute Gasteiger partial charge is 0.466 e. The molecule has 1 unspecified atom stereocenters. The van der Waals surface area contributed by atoms with Crippen molar-refractivity contribution >= 4 is 11.9 Å². The summed E-state index contributed by atoms with van der Waals surface area (Å²) in [6.45, 7) is 3.57. The second kappa shape index (κ2) is 6.39. The maximum Gasteiger partial charge on any atom is 0.325 e. The Kier molecular flexibility index (Phi) is 4.02. The van der Waals surface area contributed by atoms with Gasteiger partial charge in [-0.25, -0.2) is 4.79 Å². The van der Waals surface area contributed by atoms with Gasteiger partial charge in [-0.05, 0) is 31.0 Å². The molecule has 3 amide bonds. The van der Waals surface area contributed by atoms with Gasteiger partial charge in [0.15, 0.2) is 5.54 Å². The molecule has 8 nitrogen and oxygen atoms in total. The number of hydrogen-bond acceptors (Lipinski definition) is 6. The van der Waals surface area contributed by atoms with Crippen LogP contribution in [0.25, 0.3) is 11.4 Å². The van der Waals surface area contributed by atoms with E-state index >= 15 is 0 Å². The van der Waals surface area contributed by atoms with Gasteiger partial charge in [0.1, 0.15) is 12.3 Å². The smallest absolute Gasteiger partial charge is 0.325 e. The van der Waals surface area contributed by atoms with E-state index in [1.165, 1.54) is 11.8 Å². The average Bonchev–Trinajstić information content (AvgIpc) is 3.41. The van der Waals surface area contributed by atoms with Gasteiger partial charge in [-0.15, -0.1) is 0 Å². The fraction of sp³-hybridized carbons (Fsp3) is 0.263. The van der Waals surface area contributed by atoms with Gasteiger partial charge in [-0.2, -0.15) is 4.98 Å². The maximum atomic E-state index is 12.8. The number of hydrogen-bond donors (Lipinski definition) is 1. The minimum atomic E-state index is -1.25. The summed E-state index contributed by atoms with van der Waals surface area (Å²) >= 11 is 0. The lowest BCUT2D eigenvalue weighted by Gasteiger charge is -2.18. The number of furan rings is 1. The van der Waals surface area contributed by atoms with E-state index in [0.29, 0.717) is 11.6 Å². The third-order valence-corrected chi connectivity index (χ3v) is 4.67. The zero-order valence-electron chi connectivity index (χ0n) is 14.9. The number of amides is 3. The summed E-state index contributed by atoms with van der Waals surface area (Å²) in [5.41, 5.74) is 0.762. The van der Waals surface area contributed by atoms with E-state index in [1.807, 2.05) is 24.3 Å². The van der Waals surface area contributed by atoms with Crippen molar-refractivity contribution < 1.29 is 18.5 Å². The topological polar surface area (TPSA) is 101 Å². The second-order valence-corrected chi connectivity index (χ2v) is 6.49. The monoisotopic (exact) mass is 366 g/mol.